The predicted octanol–water partition coefficient (Wildman–Crippen LogP) is 1.41. The topological polar surface area (TPSA) is 137 Å². The summed E-state index contributed by atoms with van der Waals surface area (Å²) in [6, 6.07) is 15.2. The highest BCUT2D eigenvalue weighted by Crippen LogP contribution is 2.38. The van der Waals surface area contributed by atoms with Gasteiger partial charge >= 0.3 is 0 Å². The zero-order valence-corrected chi connectivity index (χ0v) is 24.5. The van der Waals surface area contributed by atoms with Crippen LogP contribution in [-0.2, 0) is 25.6 Å². The van der Waals surface area contributed by atoms with Crippen LogP contribution in [0, 0.1) is 0 Å². The van der Waals surface area contributed by atoms with Crippen molar-refractivity contribution in [3.63, 3.8) is 0 Å². The molecule has 11 heteroatoms. The molecule has 228 valence electrons. The molecule has 1 spiro atoms. The average Bonchev–Trinajstić information content (AvgIpc) is 3.68. The van der Waals surface area contributed by atoms with Crippen molar-refractivity contribution in [1.29, 1.82) is 0 Å². The van der Waals surface area contributed by atoms with E-state index in [1.807, 2.05) is 30.3 Å². The fraction of sp³-hybridized carbons (Fsp3) is 0.469. The van der Waals surface area contributed by atoms with Crippen molar-refractivity contribution in [3.05, 3.63) is 65.7 Å². The van der Waals surface area contributed by atoms with E-state index in [-0.39, 0.29) is 55.3 Å². The van der Waals surface area contributed by atoms with Gasteiger partial charge in [0.1, 0.15) is 23.9 Å². The second kappa shape index (κ2) is 13.3. The summed E-state index contributed by atoms with van der Waals surface area (Å²) in [6.07, 6.45) is 2.86. The summed E-state index contributed by atoms with van der Waals surface area (Å²) in [5.41, 5.74) is 0.284. The van der Waals surface area contributed by atoms with Gasteiger partial charge in [-0.05, 0) is 49.8 Å². The van der Waals surface area contributed by atoms with Crippen LogP contribution in [0.2, 0.25) is 0 Å². The van der Waals surface area contributed by atoms with Gasteiger partial charge in [0.2, 0.25) is 23.6 Å². The first-order chi connectivity index (χ1) is 20.8. The molecular weight excluding hydrogens is 550 g/mol. The molecule has 1 aliphatic carbocycles. The molecule has 2 aromatic carbocycles. The van der Waals surface area contributed by atoms with Crippen LogP contribution in [0.25, 0.3) is 0 Å². The van der Waals surface area contributed by atoms with E-state index in [2.05, 4.69) is 16.0 Å². The second-order valence-corrected chi connectivity index (χ2v) is 11.5. The number of hydrogen-bond donors (Lipinski definition) is 3. The molecule has 11 nitrogen and oxygen atoms in total. The quantitative estimate of drug-likeness (QED) is 0.466. The van der Waals surface area contributed by atoms with Crippen molar-refractivity contribution < 1.29 is 28.7 Å². The molecule has 0 bridgehead atoms. The van der Waals surface area contributed by atoms with Gasteiger partial charge in [-0.3, -0.25) is 24.0 Å². The SMILES string of the molecule is CN1C(=O)C2(CC2)NC(=O)CC[C@@H](C(=O)NCCN2CCCC2=O)NC(=O)c2ccccc2OC[C@@H]1Cc1ccccc1. The normalized spacial score (nSPS) is 22.5. The molecule has 0 unspecified atom stereocenters. The maximum atomic E-state index is 13.7. The van der Waals surface area contributed by atoms with Crippen molar-refractivity contribution in [2.45, 2.75) is 62.6 Å². The Morgan fingerprint density at radius 3 is 2.49 bits per heavy atom. The summed E-state index contributed by atoms with van der Waals surface area (Å²) in [5.74, 6) is -1.12. The van der Waals surface area contributed by atoms with Crippen LogP contribution in [0.5, 0.6) is 5.75 Å². The number of fused-ring (bicyclic) bond motifs is 1. The number of benzene rings is 2. The third kappa shape index (κ3) is 7.33. The molecule has 2 aliphatic heterocycles. The Hall–Kier alpha value is -4.41. The highest BCUT2D eigenvalue weighted by Gasteiger charge is 2.53. The number of rotatable bonds is 6. The Labute approximate surface area is 251 Å². The molecule has 2 atom stereocenters. The minimum Gasteiger partial charge on any atom is -0.491 e. The van der Waals surface area contributed by atoms with E-state index in [0.717, 1.165) is 12.0 Å². The molecule has 5 rings (SSSR count). The fourth-order valence-electron chi connectivity index (χ4n) is 5.67. The van der Waals surface area contributed by atoms with Crippen molar-refractivity contribution in [2.24, 2.45) is 0 Å². The van der Waals surface area contributed by atoms with E-state index in [0.29, 0.717) is 44.5 Å². The molecule has 1 saturated heterocycles. The Morgan fingerprint density at radius 1 is 1.02 bits per heavy atom. The van der Waals surface area contributed by atoms with Crippen LogP contribution in [0.3, 0.4) is 0 Å². The zero-order chi connectivity index (χ0) is 30.4. The van der Waals surface area contributed by atoms with Gasteiger partial charge in [-0.2, -0.15) is 0 Å². The Kier molecular flexibility index (Phi) is 9.27. The third-order valence-corrected chi connectivity index (χ3v) is 8.42. The van der Waals surface area contributed by atoms with Gasteiger partial charge in [0.25, 0.3) is 5.91 Å². The van der Waals surface area contributed by atoms with Crippen LogP contribution in [-0.4, -0.2) is 90.2 Å². The lowest BCUT2D eigenvalue weighted by atomic mass is 10.0. The molecule has 3 aliphatic rings. The smallest absolute Gasteiger partial charge is 0.255 e. The van der Waals surface area contributed by atoms with Gasteiger partial charge in [0.15, 0.2) is 0 Å². The molecule has 5 amide bonds. The van der Waals surface area contributed by atoms with Crippen LogP contribution in [0.15, 0.2) is 54.6 Å². The van der Waals surface area contributed by atoms with Crippen LogP contribution in [0.1, 0.15) is 54.4 Å². The van der Waals surface area contributed by atoms with E-state index < -0.39 is 23.4 Å². The van der Waals surface area contributed by atoms with Crippen molar-refractivity contribution in [2.75, 3.05) is 33.3 Å². The van der Waals surface area contributed by atoms with E-state index in [1.165, 1.54) is 0 Å². The summed E-state index contributed by atoms with van der Waals surface area (Å²) in [4.78, 5) is 68.8. The van der Waals surface area contributed by atoms with Crippen molar-refractivity contribution in [3.8, 4) is 5.75 Å². The van der Waals surface area contributed by atoms with Crippen LogP contribution in [0.4, 0.5) is 0 Å². The molecule has 2 fully saturated rings. The number of amides is 5. The molecule has 3 N–H and O–H groups in total. The highest BCUT2D eigenvalue weighted by atomic mass is 16.5. The van der Waals surface area contributed by atoms with Gasteiger partial charge in [0, 0.05) is 39.5 Å². The Bertz CT molecular complexity index is 1360. The maximum absolute atomic E-state index is 13.7. The number of likely N-dealkylation sites (N-methyl/N-ethyl adjacent to an activating group) is 1. The minimum atomic E-state index is -1.01. The van der Waals surface area contributed by atoms with Crippen LogP contribution >= 0.6 is 0 Å². The first kappa shape index (κ1) is 30.1. The number of carbonyl (C=O) groups excluding carboxylic acids is 5. The number of nitrogens with one attached hydrogen (secondary N) is 3. The Balaban J connectivity index is 1.37. The molecule has 2 heterocycles. The van der Waals surface area contributed by atoms with Gasteiger partial charge in [0.05, 0.1) is 11.6 Å². The number of para-hydroxylation sites is 1. The molecule has 0 radical (unpaired) electrons. The lowest BCUT2D eigenvalue weighted by Crippen LogP contribution is -2.54. The summed E-state index contributed by atoms with van der Waals surface area (Å²) in [7, 11) is 1.72. The van der Waals surface area contributed by atoms with Gasteiger partial charge in [-0.25, -0.2) is 0 Å². The van der Waals surface area contributed by atoms with Gasteiger partial charge in [-0.1, -0.05) is 42.5 Å². The summed E-state index contributed by atoms with van der Waals surface area (Å²) < 4.78 is 6.19. The van der Waals surface area contributed by atoms with Gasteiger partial charge < -0.3 is 30.5 Å². The molecule has 1 saturated carbocycles. The molecular formula is C32H39N5O6. The number of carbonyl (C=O) groups is 5. The summed E-state index contributed by atoms with van der Waals surface area (Å²) >= 11 is 0. The number of hydrogen-bond acceptors (Lipinski definition) is 6. The largest absolute Gasteiger partial charge is 0.491 e. The molecule has 43 heavy (non-hydrogen) atoms. The summed E-state index contributed by atoms with van der Waals surface area (Å²) in [5, 5.41) is 8.50. The minimum absolute atomic E-state index is 0.0335. The number of likely N-dealkylation sites (tertiary alicyclic amines) is 1. The fourth-order valence-corrected chi connectivity index (χ4v) is 5.67. The monoisotopic (exact) mass is 589 g/mol. The van der Waals surface area contributed by atoms with E-state index in [9.17, 15) is 24.0 Å². The third-order valence-electron chi connectivity index (χ3n) is 8.42. The first-order valence-electron chi connectivity index (χ1n) is 15.0. The van der Waals surface area contributed by atoms with Crippen LogP contribution < -0.4 is 20.7 Å². The Morgan fingerprint density at radius 2 is 1.77 bits per heavy atom. The maximum Gasteiger partial charge on any atom is 0.255 e. The van der Waals surface area contributed by atoms with E-state index in [4.69, 9.17) is 4.74 Å². The lowest BCUT2D eigenvalue weighted by molar-refractivity contribution is -0.139. The zero-order valence-electron chi connectivity index (χ0n) is 24.5. The highest BCUT2D eigenvalue weighted by molar-refractivity contribution is 6.00. The van der Waals surface area contributed by atoms with Crippen molar-refractivity contribution >= 4 is 29.5 Å². The number of ether oxygens (including phenoxy) is 1. The van der Waals surface area contributed by atoms with Crippen molar-refractivity contribution in [1.82, 2.24) is 25.8 Å². The van der Waals surface area contributed by atoms with E-state index >= 15 is 0 Å². The van der Waals surface area contributed by atoms with Gasteiger partial charge in [-0.15, -0.1) is 0 Å². The summed E-state index contributed by atoms with van der Waals surface area (Å²) in [6.45, 7) is 1.39. The number of nitrogens with zero attached hydrogens (tertiary/aromatic N) is 2. The average molecular weight is 590 g/mol. The molecule has 0 aromatic heterocycles. The standard InChI is InChI=1S/C32H39N5O6/c1-36-23(20-22-8-3-2-4-9-22)21-43-26-11-6-5-10-24(26)29(40)34-25(13-14-27(38)35-32(15-16-32)31(36)42)30(41)33-17-19-37-18-7-12-28(37)39/h2-6,8-11,23,25H,7,12-21H2,1H3,(H,33,41)(H,34,40)(H,35,38)/t23-,25-/m0/s1. The van der Waals surface area contributed by atoms with E-state index in [1.54, 1.807) is 41.1 Å². The lowest BCUT2D eigenvalue weighted by Gasteiger charge is -2.32. The first-order valence-corrected chi connectivity index (χ1v) is 15.0. The second-order valence-electron chi connectivity index (χ2n) is 11.5. The molecule has 2 aromatic rings. The predicted molar refractivity (Wildman–Crippen MR) is 158 cm³/mol.